The molecule has 0 aromatic carbocycles. The Labute approximate surface area is 215 Å². The van der Waals surface area contributed by atoms with Crippen molar-refractivity contribution in [2.24, 2.45) is 5.92 Å². The number of nitrogens with zero attached hydrogens (tertiary/aromatic N) is 1. The van der Waals surface area contributed by atoms with E-state index in [2.05, 4.69) is 11.9 Å². The molecule has 194 valence electrons. The molecule has 2 N–H and O–H groups in total. The highest BCUT2D eigenvalue weighted by Crippen LogP contribution is 2.38. The van der Waals surface area contributed by atoms with Gasteiger partial charge in [0.05, 0.1) is 17.9 Å². The van der Waals surface area contributed by atoms with Crippen molar-refractivity contribution in [3.63, 3.8) is 0 Å². The van der Waals surface area contributed by atoms with Crippen molar-refractivity contribution in [3.05, 3.63) is 23.4 Å². The van der Waals surface area contributed by atoms with Gasteiger partial charge in [-0.25, -0.2) is 4.98 Å². The number of aromatic nitrogens is 1. The third-order valence-corrected chi connectivity index (χ3v) is 8.50. The molecule has 0 saturated heterocycles. The second-order valence-electron chi connectivity index (χ2n) is 10.2. The average Bonchev–Trinajstić information content (AvgIpc) is 3.51. The summed E-state index contributed by atoms with van der Waals surface area (Å²) in [7, 11) is 0. The number of furan rings is 1. The zero-order valence-electron chi connectivity index (χ0n) is 21.6. The monoisotopic (exact) mass is 500 g/mol. The van der Waals surface area contributed by atoms with E-state index < -0.39 is 0 Å². The maximum Gasteiger partial charge on any atom is 0.185 e. The Hall–Kier alpha value is -1.95. The number of carbonyl (C=O) groups is 2. The molecule has 1 unspecified atom stereocenters. The molecule has 2 aromatic heterocycles. The molecule has 6 heteroatoms. The minimum Gasteiger partial charge on any atom is -0.460 e. The number of anilines is 1. The van der Waals surface area contributed by atoms with Crippen molar-refractivity contribution in [3.8, 4) is 10.8 Å². The van der Waals surface area contributed by atoms with Gasteiger partial charge in [-0.15, -0.1) is 11.3 Å². The number of nitrogen functional groups attached to an aromatic ring is 1. The van der Waals surface area contributed by atoms with Crippen LogP contribution < -0.4 is 5.73 Å². The Morgan fingerprint density at radius 1 is 1.03 bits per heavy atom. The van der Waals surface area contributed by atoms with E-state index in [-0.39, 0.29) is 11.8 Å². The molecular weight excluding hydrogens is 456 g/mol. The van der Waals surface area contributed by atoms with Crippen LogP contribution in [-0.2, 0) is 9.59 Å². The van der Waals surface area contributed by atoms with Gasteiger partial charge in [-0.05, 0) is 19.3 Å². The molecule has 1 saturated carbocycles. The molecule has 0 spiro atoms. The van der Waals surface area contributed by atoms with E-state index in [4.69, 9.17) is 10.2 Å². The molecule has 0 amide bonds. The van der Waals surface area contributed by atoms with Crippen molar-refractivity contribution in [1.29, 1.82) is 0 Å². The van der Waals surface area contributed by atoms with Crippen LogP contribution in [0.25, 0.3) is 10.8 Å². The number of carbonyl (C=O) groups excluding carboxylic acids is 2. The molecule has 35 heavy (non-hydrogen) atoms. The van der Waals surface area contributed by atoms with Gasteiger partial charge in [-0.3, -0.25) is 9.59 Å². The number of hydrogen-bond donors (Lipinski definition) is 1. The van der Waals surface area contributed by atoms with Crippen molar-refractivity contribution >= 4 is 28.6 Å². The van der Waals surface area contributed by atoms with Gasteiger partial charge in [0.15, 0.2) is 10.8 Å². The molecule has 2 aromatic rings. The highest BCUT2D eigenvalue weighted by molar-refractivity contribution is 7.15. The van der Waals surface area contributed by atoms with Crippen LogP contribution in [0.4, 0.5) is 5.69 Å². The van der Waals surface area contributed by atoms with Crippen LogP contribution >= 0.6 is 11.3 Å². The van der Waals surface area contributed by atoms with Gasteiger partial charge in [0, 0.05) is 35.9 Å². The lowest BCUT2D eigenvalue weighted by Gasteiger charge is -2.24. The molecule has 3 rings (SSSR count). The summed E-state index contributed by atoms with van der Waals surface area (Å²) in [5, 5.41) is 0.730. The number of ketones is 2. The Morgan fingerprint density at radius 2 is 1.63 bits per heavy atom. The third-order valence-electron chi connectivity index (χ3n) is 7.39. The van der Waals surface area contributed by atoms with E-state index in [0.29, 0.717) is 48.7 Å². The smallest absolute Gasteiger partial charge is 0.185 e. The summed E-state index contributed by atoms with van der Waals surface area (Å²) in [5.74, 6) is 1.03. The number of hydrogen-bond acceptors (Lipinski definition) is 6. The van der Waals surface area contributed by atoms with E-state index in [1.807, 2.05) is 6.20 Å². The van der Waals surface area contributed by atoms with Crippen molar-refractivity contribution in [2.45, 2.75) is 122 Å². The van der Waals surface area contributed by atoms with Crippen LogP contribution in [0.3, 0.4) is 0 Å². The van der Waals surface area contributed by atoms with Gasteiger partial charge < -0.3 is 10.2 Å². The minimum atomic E-state index is -0.140. The summed E-state index contributed by atoms with van der Waals surface area (Å²) in [6.07, 6.45) is 22.4. The maximum atomic E-state index is 13.5. The highest BCUT2D eigenvalue weighted by Gasteiger charge is 2.32. The molecular formula is C29H44N2O3S. The molecule has 5 nitrogen and oxygen atoms in total. The van der Waals surface area contributed by atoms with E-state index in [1.54, 1.807) is 12.3 Å². The van der Waals surface area contributed by atoms with Crippen molar-refractivity contribution < 1.29 is 14.0 Å². The first-order chi connectivity index (χ1) is 17.1. The van der Waals surface area contributed by atoms with Gasteiger partial charge in [-0.1, -0.05) is 84.0 Å². The Morgan fingerprint density at radius 3 is 2.20 bits per heavy atom. The predicted molar refractivity (Wildman–Crippen MR) is 145 cm³/mol. The summed E-state index contributed by atoms with van der Waals surface area (Å²) in [5.41, 5.74) is 6.58. The molecule has 0 bridgehead atoms. The van der Waals surface area contributed by atoms with Gasteiger partial charge in [0.1, 0.15) is 11.6 Å². The van der Waals surface area contributed by atoms with Gasteiger partial charge in [-0.2, -0.15) is 0 Å². The van der Waals surface area contributed by atoms with Crippen LogP contribution in [0.1, 0.15) is 127 Å². The summed E-state index contributed by atoms with van der Waals surface area (Å²) in [4.78, 5) is 30.7. The molecule has 0 aliphatic heterocycles. The minimum absolute atomic E-state index is 0.00532. The fourth-order valence-corrected chi connectivity index (χ4v) is 6.24. The second kappa shape index (κ2) is 15.2. The van der Waals surface area contributed by atoms with E-state index in [0.717, 1.165) is 22.7 Å². The van der Waals surface area contributed by atoms with Gasteiger partial charge in [0.25, 0.3) is 0 Å². The molecule has 0 radical (unpaired) electrons. The number of nitrogens with two attached hydrogens (primary N) is 1. The normalized spacial score (nSPS) is 15.5. The first-order valence-electron chi connectivity index (χ1n) is 13.9. The Balaban J connectivity index is 1.47. The topological polar surface area (TPSA) is 86.2 Å². The third kappa shape index (κ3) is 8.89. The molecule has 1 atom stereocenters. The van der Waals surface area contributed by atoms with Gasteiger partial charge in [0.2, 0.25) is 0 Å². The van der Waals surface area contributed by atoms with Crippen molar-refractivity contribution in [2.75, 3.05) is 5.73 Å². The lowest BCUT2D eigenvalue weighted by Crippen LogP contribution is -2.26. The first-order valence-corrected chi connectivity index (χ1v) is 14.8. The molecule has 1 aliphatic carbocycles. The molecule has 1 fully saturated rings. The number of rotatable bonds is 17. The summed E-state index contributed by atoms with van der Waals surface area (Å²) >= 11 is 1.52. The quantitative estimate of drug-likeness (QED) is 0.220. The number of Topliss-reactive ketones (excluding diaryl/α,β-unsaturated/α-hetero) is 2. The summed E-state index contributed by atoms with van der Waals surface area (Å²) < 4.78 is 5.51. The highest BCUT2D eigenvalue weighted by atomic mass is 32.1. The van der Waals surface area contributed by atoms with E-state index in [1.165, 1.54) is 82.0 Å². The fourth-order valence-electron chi connectivity index (χ4n) is 5.17. The van der Waals surface area contributed by atoms with Crippen LogP contribution in [0, 0.1) is 5.92 Å². The zero-order valence-corrected chi connectivity index (χ0v) is 22.4. The lowest BCUT2D eigenvalue weighted by molar-refractivity contribution is -0.128. The first kappa shape index (κ1) is 27.6. The lowest BCUT2D eigenvalue weighted by atomic mass is 9.79. The van der Waals surface area contributed by atoms with Crippen LogP contribution in [0.15, 0.2) is 22.9 Å². The average molecular weight is 501 g/mol. The largest absolute Gasteiger partial charge is 0.460 e. The van der Waals surface area contributed by atoms with E-state index >= 15 is 0 Å². The molecule has 2 heterocycles. The van der Waals surface area contributed by atoms with Crippen molar-refractivity contribution in [1.82, 2.24) is 4.98 Å². The standard InChI is InChI=1S/C29H44N2O3S/c1-2-3-4-5-6-7-8-9-10-11-12-13-14-24(27(33)22-15-17-23(32)18-16-22)26-21-31-29(35-26)28-25(30)19-20-34-28/h19-22,24H,2-18,30H2,1H3. The number of unbranched alkanes of at least 4 members (excludes halogenated alkanes) is 11. The number of thiazole rings is 1. The van der Waals surface area contributed by atoms with Crippen LogP contribution in [0.2, 0.25) is 0 Å². The fraction of sp³-hybridized carbons (Fsp3) is 0.690. The maximum absolute atomic E-state index is 13.5. The summed E-state index contributed by atoms with van der Waals surface area (Å²) in [6, 6.07) is 1.73. The van der Waals surface area contributed by atoms with Crippen LogP contribution in [-0.4, -0.2) is 16.6 Å². The second-order valence-corrected chi connectivity index (χ2v) is 11.3. The zero-order chi connectivity index (χ0) is 24.9. The van der Waals surface area contributed by atoms with E-state index in [9.17, 15) is 9.59 Å². The molecule has 1 aliphatic rings. The Kier molecular flexibility index (Phi) is 12.0. The van der Waals surface area contributed by atoms with Crippen LogP contribution in [0.5, 0.6) is 0 Å². The predicted octanol–water partition coefficient (Wildman–Crippen LogP) is 8.49. The summed E-state index contributed by atoms with van der Waals surface area (Å²) in [6.45, 7) is 2.27. The van der Waals surface area contributed by atoms with Gasteiger partial charge >= 0.3 is 0 Å². The Bertz CT molecular complexity index is 893. The SMILES string of the molecule is CCCCCCCCCCCCCCC(C(=O)C1CCC(=O)CC1)c1cnc(-c2occc2N)s1.